The summed E-state index contributed by atoms with van der Waals surface area (Å²) < 4.78 is 0. The SMILES string of the molecule is CCNC(Cc1ccccn1)C1CSc2ccccc21. The fourth-order valence-electron chi connectivity index (χ4n) is 2.88. The smallest absolute Gasteiger partial charge is 0.0419 e. The molecule has 0 radical (unpaired) electrons. The van der Waals surface area contributed by atoms with Crippen LogP contribution in [0.15, 0.2) is 53.6 Å². The molecule has 3 rings (SSSR count). The number of fused-ring (bicyclic) bond motifs is 1. The molecular weight excluding hydrogens is 264 g/mol. The molecule has 0 aliphatic carbocycles. The van der Waals surface area contributed by atoms with Gasteiger partial charge in [-0.1, -0.05) is 31.2 Å². The van der Waals surface area contributed by atoms with Gasteiger partial charge in [-0.15, -0.1) is 11.8 Å². The summed E-state index contributed by atoms with van der Waals surface area (Å²) in [6.07, 6.45) is 2.88. The maximum atomic E-state index is 4.48. The molecule has 1 aromatic heterocycles. The quantitative estimate of drug-likeness (QED) is 0.909. The molecule has 20 heavy (non-hydrogen) atoms. The molecule has 2 aromatic rings. The van der Waals surface area contributed by atoms with E-state index in [4.69, 9.17) is 0 Å². The van der Waals surface area contributed by atoms with Crippen LogP contribution in [0.3, 0.4) is 0 Å². The molecule has 2 unspecified atom stereocenters. The Bertz CT molecular complexity index is 556. The molecule has 0 spiro atoms. The van der Waals surface area contributed by atoms with E-state index in [-0.39, 0.29) is 0 Å². The minimum atomic E-state index is 0.464. The highest BCUT2D eigenvalue weighted by Gasteiger charge is 2.29. The van der Waals surface area contributed by atoms with Crippen molar-refractivity contribution in [3.8, 4) is 0 Å². The Labute approximate surface area is 125 Å². The molecule has 3 heteroatoms. The summed E-state index contributed by atoms with van der Waals surface area (Å²) in [6, 6.07) is 15.4. The van der Waals surface area contributed by atoms with Gasteiger partial charge in [0, 0.05) is 40.9 Å². The van der Waals surface area contributed by atoms with E-state index in [0.717, 1.165) is 13.0 Å². The summed E-state index contributed by atoms with van der Waals surface area (Å²) in [4.78, 5) is 5.93. The second kappa shape index (κ2) is 6.42. The van der Waals surface area contributed by atoms with Crippen molar-refractivity contribution in [2.45, 2.75) is 30.2 Å². The van der Waals surface area contributed by atoms with Crippen molar-refractivity contribution in [1.29, 1.82) is 0 Å². The largest absolute Gasteiger partial charge is 0.313 e. The van der Waals surface area contributed by atoms with Crippen molar-refractivity contribution >= 4 is 11.8 Å². The van der Waals surface area contributed by atoms with Crippen molar-refractivity contribution in [1.82, 2.24) is 10.3 Å². The van der Waals surface area contributed by atoms with Crippen LogP contribution in [0.25, 0.3) is 0 Å². The monoisotopic (exact) mass is 284 g/mol. The highest BCUT2D eigenvalue weighted by Crippen LogP contribution is 2.41. The average Bonchev–Trinajstić information content (AvgIpc) is 2.92. The number of pyridine rings is 1. The zero-order valence-electron chi connectivity index (χ0n) is 11.8. The first-order valence-corrected chi connectivity index (χ1v) is 8.22. The fraction of sp³-hybridized carbons (Fsp3) is 0.353. The van der Waals surface area contributed by atoms with Crippen LogP contribution in [0, 0.1) is 0 Å². The predicted octanol–water partition coefficient (Wildman–Crippen LogP) is 3.49. The van der Waals surface area contributed by atoms with Crippen LogP contribution in [0.4, 0.5) is 0 Å². The Morgan fingerprint density at radius 1 is 1.25 bits per heavy atom. The van der Waals surface area contributed by atoms with Gasteiger partial charge in [-0.05, 0) is 30.3 Å². The third-order valence-corrected chi connectivity index (χ3v) is 5.05. The van der Waals surface area contributed by atoms with Crippen LogP contribution >= 0.6 is 11.8 Å². The van der Waals surface area contributed by atoms with Gasteiger partial charge in [0.25, 0.3) is 0 Å². The van der Waals surface area contributed by atoms with E-state index in [1.165, 1.54) is 21.9 Å². The van der Waals surface area contributed by atoms with E-state index >= 15 is 0 Å². The van der Waals surface area contributed by atoms with E-state index in [9.17, 15) is 0 Å². The minimum Gasteiger partial charge on any atom is -0.313 e. The zero-order chi connectivity index (χ0) is 13.8. The maximum Gasteiger partial charge on any atom is 0.0419 e. The van der Waals surface area contributed by atoms with E-state index in [1.807, 2.05) is 24.0 Å². The summed E-state index contributed by atoms with van der Waals surface area (Å²) in [6.45, 7) is 3.18. The maximum absolute atomic E-state index is 4.48. The second-order valence-corrected chi connectivity index (χ2v) is 6.21. The van der Waals surface area contributed by atoms with Crippen molar-refractivity contribution < 1.29 is 0 Å². The van der Waals surface area contributed by atoms with Gasteiger partial charge >= 0.3 is 0 Å². The highest BCUT2D eigenvalue weighted by molar-refractivity contribution is 7.99. The zero-order valence-corrected chi connectivity index (χ0v) is 12.6. The molecule has 1 aromatic carbocycles. The molecule has 0 bridgehead atoms. The van der Waals surface area contributed by atoms with Gasteiger partial charge in [-0.25, -0.2) is 0 Å². The lowest BCUT2D eigenvalue weighted by molar-refractivity contribution is 0.459. The Kier molecular flexibility index (Phi) is 4.38. The van der Waals surface area contributed by atoms with Gasteiger partial charge in [0.15, 0.2) is 0 Å². The van der Waals surface area contributed by atoms with Crippen LogP contribution in [-0.2, 0) is 6.42 Å². The van der Waals surface area contributed by atoms with Gasteiger partial charge in [-0.3, -0.25) is 4.98 Å². The Hall–Kier alpha value is -1.32. The second-order valence-electron chi connectivity index (χ2n) is 5.14. The standard InChI is InChI=1S/C17H20N2S/c1-2-18-16(11-13-7-5-6-10-19-13)15-12-20-17-9-4-3-8-14(15)17/h3-10,15-16,18H,2,11-12H2,1H3. The summed E-state index contributed by atoms with van der Waals surface area (Å²) in [7, 11) is 0. The number of aromatic nitrogens is 1. The van der Waals surface area contributed by atoms with Crippen LogP contribution in [0.5, 0.6) is 0 Å². The van der Waals surface area contributed by atoms with E-state index in [0.29, 0.717) is 12.0 Å². The summed E-state index contributed by atoms with van der Waals surface area (Å²) >= 11 is 1.98. The van der Waals surface area contributed by atoms with Crippen LogP contribution in [-0.4, -0.2) is 23.3 Å². The number of hydrogen-bond acceptors (Lipinski definition) is 3. The number of likely N-dealkylation sites (N-methyl/N-ethyl adjacent to an activating group) is 1. The first-order chi connectivity index (χ1) is 9.88. The van der Waals surface area contributed by atoms with Crippen LogP contribution in [0.1, 0.15) is 24.1 Å². The van der Waals surface area contributed by atoms with Crippen molar-refractivity contribution in [3.63, 3.8) is 0 Å². The molecule has 2 atom stereocenters. The van der Waals surface area contributed by atoms with Gasteiger partial charge < -0.3 is 5.32 Å². The number of thioether (sulfide) groups is 1. The third-order valence-electron chi connectivity index (χ3n) is 3.84. The minimum absolute atomic E-state index is 0.464. The van der Waals surface area contributed by atoms with Gasteiger partial charge in [-0.2, -0.15) is 0 Å². The molecule has 2 nitrogen and oxygen atoms in total. The fourth-order valence-corrected chi connectivity index (χ4v) is 4.22. The molecule has 0 saturated heterocycles. The molecule has 104 valence electrons. The molecule has 1 aliphatic heterocycles. The van der Waals surface area contributed by atoms with Crippen molar-refractivity contribution in [2.24, 2.45) is 0 Å². The number of nitrogens with zero attached hydrogens (tertiary/aromatic N) is 1. The molecule has 0 amide bonds. The average molecular weight is 284 g/mol. The Morgan fingerprint density at radius 3 is 2.90 bits per heavy atom. The normalized spacial score (nSPS) is 18.8. The van der Waals surface area contributed by atoms with Crippen molar-refractivity contribution in [2.75, 3.05) is 12.3 Å². The molecule has 0 fully saturated rings. The van der Waals surface area contributed by atoms with E-state index < -0.39 is 0 Å². The number of rotatable bonds is 5. The topological polar surface area (TPSA) is 24.9 Å². The Balaban J connectivity index is 1.81. The van der Waals surface area contributed by atoms with Crippen LogP contribution < -0.4 is 5.32 Å². The molecule has 1 N–H and O–H groups in total. The molecule has 2 heterocycles. The van der Waals surface area contributed by atoms with Crippen molar-refractivity contribution in [3.05, 3.63) is 59.9 Å². The first-order valence-electron chi connectivity index (χ1n) is 7.23. The molecule has 1 aliphatic rings. The number of benzene rings is 1. The molecule has 0 saturated carbocycles. The van der Waals surface area contributed by atoms with Gasteiger partial charge in [0.1, 0.15) is 0 Å². The van der Waals surface area contributed by atoms with E-state index in [1.54, 1.807) is 0 Å². The van der Waals surface area contributed by atoms with E-state index in [2.05, 4.69) is 53.6 Å². The summed E-state index contributed by atoms with van der Waals surface area (Å²) in [5.74, 6) is 1.75. The van der Waals surface area contributed by atoms with Crippen LogP contribution in [0.2, 0.25) is 0 Å². The van der Waals surface area contributed by atoms with Gasteiger partial charge in [0.05, 0.1) is 0 Å². The number of hydrogen-bond donors (Lipinski definition) is 1. The third kappa shape index (κ3) is 2.89. The Morgan fingerprint density at radius 2 is 2.10 bits per heavy atom. The summed E-state index contributed by atoms with van der Waals surface area (Å²) in [5.41, 5.74) is 2.67. The first kappa shape index (κ1) is 13.7. The van der Waals surface area contributed by atoms with Gasteiger partial charge in [0.2, 0.25) is 0 Å². The lowest BCUT2D eigenvalue weighted by atomic mass is 9.90. The summed E-state index contributed by atoms with van der Waals surface area (Å²) in [5, 5.41) is 3.66. The lowest BCUT2D eigenvalue weighted by Crippen LogP contribution is -2.37. The predicted molar refractivity (Wildman–Crippen MR) is 85.3 cm³/mol. The lowest BCUT2D eigenvalue weighted by Gasteiger charge is -2.24. The highest BCUT2D eigenvalue weighted by atomic mass is 32.2. The molecular formula is C17H20N2S. The number of nitrogens with one attached hydrogen (secondary N) is 1.